The predicted molar refractivity (Wildman–Crippen MR) is 63.1 cm³/mol. The number of carboxylic acids is 1. The fraction of sp³-hybridized carbons (Fsp3) is 0.545. The molecule has 100 valence electrons. The van der Waals surface area contributed by atoms with Crippen LogP contribution in [0.2, 0.25) is 0 Å². The first-order chi connectivity index (χ1) is 8.59. The number of hydrogen-bond acceptors (Lipinski definition) is 4. The molecule has 0 saturated heterocycles. The van der Waals surface area contributed by atoms with E-state index in [2.05, 4.69) is 20.3 Å². The summed E-state index contributed by atoms with van der Waals surface area (Å²) >= 11 is 0. The maximum absolute atomic E-state index is 11.2. The highest BCUT2D eigenvalue weighted by Crippen LogP contribution is 2.04. The zero-order chi connectivity index (χ0) is 13.4. The Morgan fingerprint density at radius 3 is 2.89 bits per heavy atom. The molecule has 7 heteroatoms. The van der Waals surface area contributed by atoms with E-state index >= 15 is 0 Å². The van der Waals surface area contributed by atoms with Gasteiger partial charge < -0.3 is 15.2 Å². The minimum absolute atomic E-state index is 0.225. The molecule has 7 nitrogen and oxygen atoms in total. The molecule has 0 aliphatic heterocycles. The van der Waals surface area contributed by atoms with Crippen LogP contribution in [0.5, 0.6) is 0 Å². The van der Waals surface area contributed by atoms with Crippen molar-refractivity contribution < 1.29 is 19.4 Å². The number of carbonyl (C=O) groups is 2. The van der Waals surface area contributed by atoms with E-state index in [1.807, 2.05) is 6.92 Å². The molecule has 3 N–H and O–H groups in total. The summed E-state index contributed by atoms with van der Waals surface area (Å²) in [6, 6.07) is 0. The normalized spacial score (nSPS) is 10.3. The van der Waals surface area contributed by atoms with E-state index in [-0.39, 0.29) is 12.5 Å². The Morgan fingerprint density at radius 2 is 2.28 bits per heavy atom. The van der Waals surface area contributed by atoms with Crippen LogP contribution in [0.3, 0.4) is 0 Å². The Bertz CT molecular complexity index is 403. The van der Waals surface area contributed by atoms with Crippen molar-refractivity contribution in [3.05, 3.63) is 17.5 Å². The fourth-order valence-electron chi connectivity index (χ4n) is 1.42. The maximum Gasteiger partial charge on any atom is 0.329 e. The van der Waals surface area contributed by atoms with E-state index in [1.165, 1.54) is 0 Å². The zero-order valence-electron chi connectivity index (χ0n) is 10.2. The molecule has 0 aromatic carbocycles. The summed E-state index contributed by atoms with van der Waals surface area (Å²) in [5, 5.41) is 17.7. The van der Waals surface area contributed by atoms with Crippen molar-refractivity contribution in [1.82, 2.24) is 15.5 Å². The van der Waals surface area contributed by atoms with Crippen LogP contribution in [-0.4, -0.2) is 46.9 Å². The number of carboxylic acid groups (broad SMARTS) is 1. The van der Waals surface area contributed by atoms with Gasteiger partial charge in [-0.2, -0.15) is 5.10 Å². The smallest absolute Gasteiger partial charge is 0.329 e. The molecule has 0 aliphatic carbocycles. The maximum atomic E-state index is 11.2. The zero-order valence-corrected chi connectivity index (χ0v) is 10.2. The molecule has 1 amide bonds. The van der Waals surface area contributed by atoms with Gasteiger partial charge in [0.1, 0.15) is 13.2 Å². The van der Waals surface area contributed by atoms with Gasteiger partial charge in [-0.05, 0) is 25.3 Å². The molecule has 1 aromatic rings. The number of carbonyl (C=O) groups excluding carboxylic acids is 1. The van der Waals surface area contributed by atoms with Gasteiger partial charge in [-0.1, -0.05) is 0 Å². The number of aryl methyl sites for hydroxylation is 2. The number of rotatable bonds is 8. The van der Waals surface area contributed by atoms with Crippen molar-refractivity contribution in [2.75, 3.05) is 19.8 Å². The molecule has 18 heavy (non-hydrogen) atoms. The van der Waals surface area contributed by atoms with Gasteiger partial charge in [0.25, 0.3) is 0 Å². The summed E-state index contributed by atoms with van der Waals surface area (Å²) in [7, 11) is 0. The Kier molecular flexibility index (Phi) is 5.86. The van der Waals surface area contributed by atoms with E-state index in [1.54, 1.807) is 6.20 Å². The molecule has 0 unspecified atom stereocenters. The molecule has 1 rings (SSSR count). The van der Waals surface area contributed by atoms with Crippen molar-refractivity contribution in [2.45, 2.75) is 19.8 Å². The number of aliphatic carboxylic acids is 1. The topological polar surface area (TPSA) is 104 Å². The van der Waals surface area contributed by atoms with E-state index in [4.69, 9.17) is 5.11 Å². The molecule has 0 spiro atoms. The van der Waals surface area contributed by atoms with Crippen LogP contribution < -0.4 is 5.32 Å². The lowest BCUT2D eigenvalue weighted by Gasteiger charge is -2.04. The highest BCUT2D eigenvalue weighted by atomic mass is 16.5. The van der Waals surface area contributed by atoms with Crippen LogP contribution in [0.25, 0.3) is 0 Å². The summed E-state index contributed by atoms with van der Waals surface area (Å²) in [5.74, 6) is -1.39. The number of ether oxygens (including phenoxy) is 1. The summed E-state index contributed by atoms with van der Waals surface area (Å²) < 4.78 is 4.65. The molecule has 0 fully saturated rings. The van der Waals surface area contributed by atoms with Crippen LogP contribution in [0.4, 0.5) is 0 Å². The van der Waals surface area contributed by atoms with Crippen molar-refractivity contribution in [2.24, 2.45) is 0 Å². The molecule has 0 bridgehead atoms. The van der Waals surface area contributed by atoms with Crippen molar-refractivity contribution >= 4 is 11.9 Å². The highest BCUT2D eigenvalue weighted by molar-refractivity contribution is 5.77. The second-order valence-corrected chi connectivity index (χ2v) is 3.86. The standard InChI is InChI=1S/C11H17N3O4/c1-8-9(5-13-14-8)3-2-4-12-10(15)6-18-7-11(16)17/h5H,2-4,6-7H2,1H3,(H,12,15)(H,13,14)(H,16,17). The lowest BCUT2D eigenvalue weighted by molar-refractivity contribution is -0.143. The number of aromatic nitrogens is 2. The second-order valence-electron chi connectivity index (χ2n) is 3.86. The van der Waals surface area contributed by atoms with Gasteiger partial charge in [0.2, 0.25) is 5.91 Å². The van der Waals surface area contributed by atoms with Crippen molar-refractivity contribution in [1.29, 1.82) is 0 Å². The van der Waals surface area contributed by atoms with Crippen LogP contribution in [0.15, 0.2) is 6.20 Å². The van der Waals surface area contributed by atoms with Gasteiger partial charge in [0.05, 0.1) is 6.20 Å². The Labute approximate surface area is 105 Å². The highest BCUT2D eigenvalue weighted by Gasteiger charge is 2.04. The molecule has 0 saturated carbocycles. The van der Waals surface area contributed by atoms with Crippen molar-refractivity contribution in [3.8, 4) is 0 Å². The lowest BCUT2D eigenvalue weighted by atomic mass is 10.1. The SMILES string of the molecule is Cc1[nH]ncc1CCCNC(=O)COCC(=O)O. The van der Waals surface area contributed by atoms with Gasteiger partial charge >= 0.3 is 5.97 Å². The molecule has 0 aliphatic rings. The summed E-state index contributed by atoms with van der Waals surface area (Å²) in [4.78, 5) is 21.3. The molecular weight excluding hydrogens is 238 g/mol. The number of aromatic amines is 1. The number of nitrogens with zero attached hydrogens (tertiary/aromatic N) is 1. The van der Waals surface area contributed by atoms with Crippen LogP contribution in [0.1, 0.15) is 17.7 Å². The van der Waals surface area contributed by atoms with Gasteiger partial charge in [0.15, 0.2) is 0 Å². The Balaban J connectivity index is 2.05. The van der Waals surface area contributed by atoms with E-state index < -0.39 is 12.6 Å². The first-order valence-electron chi connectivity index (χ1n) is 5.64. The third kappa shape index (κ3) is 5.44. The monoisotopic (exact) mass is 255 g/mol. The van der Waals surface area contributed by atoms with Gasteiger partial charge in [-0.3, -0.25) is 9.89 Å². The lowest BCUT2D eigenvalue weighted by Crippen LogP contribution is -2.29. The Hall–Kier alpha value is -1.89. The second kappa shape index (κ2) is 7.44. The van der Waals surface area contributed by atoms with E-state index in [0.717, 1.165) is 24.1 Å². The van der Waals surface area contributed by atoms with Crippen LogP contribution in [-0.2, 0) is 20.7 Å². The number of nitrogens with one attached hydrogen (secondary N) is 2. The summed E-state index contributed by atoms with van der Waals surface area (Å²) in [6.07, 6.45) is 3.40. The number of H-pyrrole nitrogens is 1. The minimum atomic E-state index is -1.08. The van der Waals surface area contributed by atoms with Gasteiger partial charge in [-0.25, -0.2) is 4.79 Å². The first kappa shape index (κ1) is 14.2. The van der Waals surface area contributed by atoms with E-state index in [0.29, 0.717) is 6.54 Å². The third-order valence-corrected chi connectivity index (χ3v) is 2.34. The van der Waals surface area contributed by atoms with E-state index in [9.17, 15) is 9.59 Å². The molecule has 0 atom stereocenters. The third-order valence-electron chi connectivity index (χ3n) is 2.34. The largest absolute Gasteiger partial charge is 0.480 e. The number of amides is 1. The summed E-state index contributed by atoms with van der Waals surface area (Å²) in [5.41, 5.74) is 2.16. The molecular formula is C11H17N3O4. The van der Waals surface area contributed by atoms with Gasteiger partial charge in [-0.15, -0.1) is 0 Å². The average molecular weight is 255 g/mol. The summed E-state index contributed by atoms with van der Waals surface area (Å²) in [6.45, 7) is 1.79. The predicted octanol–water partition coefficient (Wildman–Crippen LogP) is -0.132. The molecule has 1 heterocycles. The minimum Gasteiger partial charge on any atom is -0.480 e. The van der Waals surface area contributed by atoms with Gasteiger partial charge in [0, 0.05) is 12.2 Å². The molecule has 0 radical (unpaired) electrons. The first-order valence-corrected chi connectivity index (χ1v) is 5.64. The quantitative estimate of drug-likeness (QED) is 0.561. The molecule has 1 aromatic heterocycles. The van der Waals surface area contributed by atoms with Crippen molar-refractivity contribution in [3.63, 3.8) is 0 Å². The van der Waals surface area contributed by atoms with Crippen LogP contribution in [0, 0.1) is 6.92 Å². The average Bonchev–Trinajstić information content (AvgIpc) is 2.70. The Morgan fingerprint density at radius 1 is 1.50 bits per heavy atom. The fourth-order valence-corrected chi connectivity index (χ4v) is 1.42. The van der Waals surface area contributed by atoms with Crippen LogP contribution >= 0.6 is 0 Å². The number of hydrogen-bond donors (Lipinski definition) is 3.